The third kappa shape index (κ3) is 6.10. The van der Waals surface area contributed by atoms with E-state index >= 15 is 0 Å². The van der Waals surface area contributed by atoms with Crippen molar-refractivity contribution < 1.29 is 14.4 Å². The van der Waals surface area contributed by atoms with E-state index in [0.717, 1.165) is 11.1 Å². The van der Waals surface area contributed by atoms with Crippen LogP contribution in [0.5, 0.6) is 0 Å². The molecule has 0 saturated heterocycles. The maximum Gasteiger partial charge on any atom is 0.243 e. The van der Waals surface area contributed by atoms with Crippen molar-refractivity contribution in [2.24, 2.45) is 11.7 Å². The summed E-state index contributed by atoms with van der Waals surface area (Å²) in [5.74, 6) is -1.42. The predicted octanol–water partition coefficient (Wildman–Crippen LogP) is 0.668. The van der Waals surface area contributed by atoms with Gasteiger partial charge in [0.2, 0.25) is 17.7 Å². The number of benzene rings is 1. The van der Waals surface area contributed by atoms with E-state index in [4.69, 9.17) is 5.73 Å². The molecule has 0 bridgehead atoms. The number of aryl methyl sites for hydroxylation is 1. The third-order valence-corrected chi connectivity index (χ3v) is 3.49. The van der Waals surface area contributed by atoms with Gasteiger partial charge in [-0.15, -0.1) is 0 Å². The molecule has 0 aliphatic rings. The number of rotatable bonds is 7. The molecule has 0 radical (unpaired) electrons. The SMILES string of the molecule is CC(=O)N[C@@H](C(=O)N[C@@H](Cc1cccc(C)c1)C(N)=O)C(C)C. The zero-order chi connectivity index (χ0) is 17.6. The molecule has 0 saturated carbocycles. The van der Waals surface area contributed by atoms with Crippen LogP contribution in [0.4, 0.5) is 0 Å². The third-order valence-electron chi connectivity index (χ3n) is 3.49. The first-order valence-electron chi connectivity index (χ1n) is 7.63. The van der Waals surface area contributed by atoms with Crippen LogP contribution in [0.2, 0.25) is 0 Å². The summed E-state index contributed by atoms with van der Waals surface area (Å²) in [6.07, 6.45) is 0.313. The van der Waals surface area contributed by atoms with Crippen molar-refractivity contribution in [1.29, 1.82) is 0 Å². The van der Waals surface area contributed by atoms with E-state index in [1.807, 2.05) is 45.0 Å². The molecule has 4 N–H and O–H groups in total. The van der Waals surface area contributed by atoms with E-state index in [9.17, 15) is 14.4 Å². The van der Waals surface area contributed by atoms with Crippen LogP contribution in [-0.4, -0.2) is 29.8 Å². The number of amides is 3. The minimum absolute atomic E-state index is 0.105. The lowest BCUT2D eigenvalue weighted by atomic mass is 10.0. The standard InChI is InChI=1S/C17H25N3O3/c1-10(2)15(19-12(4)21)17(23)20-14(16(18)22)9-13-7-5-6-11(3)8-13/h5-8,10,14-15H,9H2,1-4H3,(H2,18,22)(H,19,21)(H,20,23)/t14-,15+/m0/s1. The molecule has 1 aromatic rings. The fraction of sp³-hybridized carbons (Fsp3) is 0.471. The number of carbonyl (C=O) groups excluding carboxylic acids is 3. The lowest BCUT2D eigenvalue weighted by molar-refractivity contribution is -0.131. The quantitative estimate of drug-likeness (QED) is 0.688. The first-order valence-corrected chi connectivity index (χ1v) is 7.63. The van der Waals surface area contributed by atoms with E-state index < -0.39 is 23.9 Å². The van der Waals surface area contributed by atoms with Gasteiger partial charge in [0.15, 0.2) is 0 Å². The van der Waals surface area contributed by atoms with Gasteiger partial charge in [0.1, 0.15) is 12.1 Å². The molecule has 2 atom stereocenters. The summed E-state index contributed by atoms with van der Waals surface area (Å²) in [6.45, 7) is 6.94. The average molecular weight is 319 g/mol. The van der Waals surface area contributed by atoms with Gasteiger partial charge in [-0.3, -0.25) is 14.4 Å². The van der Waals surface area contributed by atoms with Gasteiger partial charge in [-0.1, -0.05) is 43.7 Å². The number of nitrogens with one attached hydrogen (secondary N) is 2. The molecular formula is C17H25N3O3. The fourth-order valence-electron chi connectivity index (χ4n) is 2.31. The van der Waals surface area contributed by atoms with Crippen LogP contribution in [0.25, 0.3) is 0 Å². The number of hydrogen-bond donors (Lipinski definition) is 3. The van der Waals surface area contributed by atoms with Gasteiger partial charge in [-0.2, -0.15) is 0 Å². The molecule has 0 aliphatic heterocycles. The summed E-state index contributed by atoms with van der Waals surface area (Å²) in [6, 6.07) is 6.14. The highest BCUT2D eigenvalue weighted by Gasteiger charge is 2.27. The van der Waals surface area contributed by atoms with Crippen LogP contribution in [-0.2, 0) is 20.8 Å². The van der Waals surface area contributed by atoms with E-state index in [0.29, 0.717) is 6.42 Å². The smallest absolute Gasteiger partial charge is 0.243 e. The Balaban J connectivity index is 2.84. The molecule has 1 aromatic carbocycles. The van der Waals surface area contributed by atoms with Crippen molar-refractivity contribution in [3.8, 4) is 0 Å². The van der Waals surface area contributed by atoms with Gasteiger partial charge in [-0.25, -0.2) is 0 Å². The van der Waals surface area contributed by atoms with Crippen molar-refractivity contribution in [1.82, 2.24) is 10.6 Å². The molecule has 126 valence electrons. The summed E-state index contributed by atoms with van der Waals surface area (Å²) in [4.78, 5) is 35.2. The van der Waals surface area contributed by atoms with Crippen LogP contribution < -0.4 is 16.4 Å². The molecule has 6 nitrogen and oxygen atoms in total. The predicted molar refractivity (Wildman–Crippen MR) is 88.5 cm³/mol. The number of primary amides is 1. The van der Waals surface area contributed by atoms with Gasteiger partial charge < -0.3 is 16.4 Å². The maximum atomic E-state index is 12.4. The molecular weight excluding hydrogens is 294 g/mol. The zero-order valence-corrected chi connectivity index (χ0v) is 14.1. The Hall–Kier alpha value is -2.37. The van der Waals surface area contributed by atoms with Crippen LogP contribution in [0.1, 0.15) is 31.9 Å². The summed E-state index contributed by atoms with van der Waals surface area (Å²) in [7, 11) is 0. The van der Waals surface area contributed by atoms with Crippen molar-refractivity contribution >= 4 is 17.7 Å². The van der Waals surface area contributed by atoms with Crippen LogP contribution in [0, 0.1) is 12.8 Å². The first kappa shape index (κ1) is 18.7. The second kappa shape index (κ2) is 8.31. The summed E-state index contributed by atoms with van der Waals surface area (Å²) in [5.41, 5.74) is 7.38. The fourth-order valence-corrected chi connectivity index (χ4v) is 2.31. The molecule has 0 aromatic heterocycles. The van der Waals surface area contributed by atoms with Crippen LogP contribution >= 0.6 is 0 Å². The maximum absolute atomic E-state index is 12.4. The Morgan fingerprint density at radius 1 is 1.17 bits per heavy atom. The largest absolute Gasteiger partial charge is 0.368 e. The lowest BCUT2D eigenvalue weighted by Gasteiger charge is -2.24. The minimum atomic E-state index is -0.820. The minimum Gasteiger partial charge on any atom is -0.368 e. The van der Waals surface area contributed by atoms with Gasteiger partial charge in [-0.05, 0) is 18.4 Å². The van der Waals surface area contributed by atoms with Crippen LogP contribution in [0.3, 0.4) is 0 Å². The average Bonchev–Trinajstić information content (AvgIpc) is 2.43. The Morgan fingerprint density at radius 3 is 2.30 bits per heavy atom. The molecule has 0 heterocycles. The zero-order valence-electron chi connectivity index (χ0n) is 14.1. The Labute approximate surface area is 136 Å². The topological polar surface area (TPSA) is 101 Å². The van der Waals surface area contributed by atoms with E-state index in [-0.39, 0.29) is 11.8 Å². The van der Waals surface area contributed by atoms with Crippen molar-refractivity contribution in [2.45, 2.75) is 46.2 Å². The summed E-state index contributed by atoms with van der Waals surface area (Å²) >= 11 is 0. The highest BCUT2D eigenvalue weighted by molar-refractivity contribution is 5.91. The molecule has 0 spiro atoms. The Kier molecular flexibility index (Phi) is 6.75. The van der Waals surface area contributed by atoms with E-state index in [2.05, 4.69) is 10.6 Å². The van der Waals surface area contributed by atoms with Gasteiger partial charge in [0, 0.05) is 13.3 Å². The number of carbonyl (C=O) groups is 3. The first-order chi connectivity index (χ1) is 10.7. The van der Waals surface area contributed by atoms with Gasteiger partial charge >= 0.3 is 0 Å². The Bertz CT molecular complexity index is 584. The molecule has 0 aliphatic carbocycles. The monoisotopic (exact) mass is 319 g/mol. The summed E-state index contributed by atoms with van der Waals surface area (Å²) in [5, 5.41) is 5.24. The highest BCUT2D eigenvalue weighted by atomic mass is 16.2. The molecule has 23 heavy (non-hydrogen) atoms. The van der Waals surface area contributed by atoms with E-state index in [1.54, 1.807) is 0 Å². The van der Waals surface area contributed by atoms with Gasteiger partial charge in [0.25, 0.3) is 0 Å². The number of nitrogens with two attached hydrogens (primary N) is 1. The normalized spacial score (nSPS) is 13.3. The second-order valence-electron chi connectivity index (χ2n) is 6.08. The molecule has 6 heteroatoms. The molecule has 0 fully saturated rings. The van der Waals surface area contributed by atoms with Gasteiger partial charge in [0.05, 0.1) is 0 Å². The van der Waals surface area contributed by atoms with Crippen molar-refractivity contribution in [3.63, 3.8) is 0 Å². The molecule has 3 amide bonds. The van der Waals surface area contributed by atoms with E-state index in [1.165, 1.54) is 6.92 Å². The van der Waals surface area contributed by atoms with Crippen molar-refractivity contribution in [3.05, 3.63) is 35.4 Å². The Morgan fingerprint density at radius 2 is 1.83 bits per heavy atom. The number of hydrogen-bond acceptors (Lipinski definition) is 3. The second-order valence-corrected chi connectivity index (χ2v) is 6.08. The lowest BCUT2D eigenvalue weighted by Crippen LogP contribution is -2.55. The molecule has 0 unspecified atom stereocenters. The highest BCUT2D eigenvalue weighted by Crippen LogP contribution is 2.08. The van der Waals surface area contributed by atoms with Crippen molar-refractivity contribution in [2.75, 3.05) is 0 Å². The molecule has 1 rings (SSSR count). The summed E-state index contributed by atoms with van der Waals surface area (Å²) < 4.78 is 0. The van der Waals surface area contributed by atoms with Crippen LogP contribution in [0.15, 0.2) is 24.3 Å².